The summed E-state index contributed by atoms with van der Waals surface area (Å²) in [5, 5.41) is 4.65. The lowest BCUT2D eigenvalue weighted by atomic mass is 10.0. The Morgan fingerprint density at radius 2 is 1.96 bits per heavy atom. The van der Waals surface area contributed by atoms with Crippen LogP contribution in [-0.4, -0.2) is 43.2 Å². The minimum absolute atomic E-state index is 0.0728. The summed E-state index contributed by atoms with van der Waals surface area (Å²) in [5.41, 5.74) is 2.72. The lowest BCUT2D eigenvalue weighted by Crippen LogP contribution is -2.40. The van der Waals surface area contributed by atoms with E-state index in [9.17, 15) is 9.59 Å². The summed E-state index contributed by atoms with van der Waals surface area (Å²) in [7, 11) is 1.77. The number of imidazole rings is 1. The number of amides is 1. The van der Waals surface area contributed by atoms with Crippen LogP contribution in [0.15, 0.2) is 29.1 Å². The fourth-order valence-corrected chi connectivity index (χ4v) is 3.87. The van der Waals surface area contributed by atoms with Crippen molar-refractivity contribution in [2.45, 2.75) is 25.8 Å². The molecule has 0 spiro atoms. The number of piperidine rings is 1. The molecule has 0 saturated carbocycles. The molecule has 136 valence electrons. The number of rotatable bonds is 2. The summed E-state index contributed by atoms with van der Waals surface area (Å²) in [4.78, 5) is 29.8. The molecule has 0 bridgehead atoms. The minimum Gasteiger partial charge on any atom is -0.337 e. The molecule has 1 aliphatic rings. The largest absolute Gasteiger partial charge is 0.337 e. The summed E-state index contributed by atoms with van der Waals surface area (Å²) >= 11 is 6.24. The fraction of sp³-hybridized carbons (Fsp3) is 0.389. The zero-order chi connectivity index (χ0) is 18.4. The third kappa shape index (κ3) is 2.63. The van der Waals surface area contributed by atoms with Gasteiger partial charge in [-0.1, -0.05) is 23.7 Å². The SMILES string of the molecule is Cc1c(Cl)c(C(=O)N2CCC(n3c(=O)[nH]c4ccccc43)CC2)nn1C. The number of halogens is 1. The van der Waals surface area contributed by atoms with Crippen LogP contribution < -0.4 is 5.69 Å². The molecule has 1 N–H and O–H groups in total. The number of H-pyrrole nitrogens is 1. The van der Waals surface area contributed by atoms with Crippen molar-refractivity contribution >= 4 is 28.5 Å². The first kappa shape index (κ1) is 16.9. The number of hydrogen-bond donors (Lipinski definition) is 1. The molecule has 3 heterocycles. The van der Waals surface area contributed by atoms with Crippen LogP contribution in [0.5, 0.6) is 0 Å². The standard InChI is InChI=1S/C18H20ClN5O2/c1-11-15(19)16(21-22(11)2)17(25)23-9-7-12(8-10-23)24-14-6-4-3-5-13(14)20-18(24)26/h3-6,12H,7-10H2,1-2H3,(H,20,26). The lowest BCUT2D eigenvalue weighted by Gasteiger charge is -2.32. The van der Waals surface area contributed by atoms with Gasteiger partial charge in [-0.3, -0.25) is 14.0 Å². The first-order valence-corrected chi connectivity index (χ1v) is 9.02. The highest BCUT2D eigenvalue weighted by Crippen LogP contribution is 2.27. The highest BCUT2D eigenvalue weighted by Gasteiger charge is 2.29. The van der Waals surface area contributed by atoms with Gasteiger partial charge in [-0.25, -0.2) is 4.79 Å². The van der Waals surface area contributed by atoms with E-state index in [-0.39, 0.29) is 17.6 Å². The van der Waals surface area contributed by atoms with Crippen molar-refractivity contribution in [1.82, 2.24) is 24.2 Å². The number of hydrogen-bond acceptors (Lipinski definition) is 3. The molecule has 26 heavy (non-hydrogen) atoms. The molecule has 1 saturated heterocycles. The van der Waals surface area contributed by atoms with Gasteiger partial charge in [0.1, 0.15) is 0 Å². The summed E-state index contributed by atoms with van der Waals surface area (Å²) in [5.74, 6) is -0.150. The predicted molar refractivity (Wildman–Crippen MR) is 99.7 cm³/mol. The molecule has 0 atom stereocenters. The normalized spacial score (nSPS) is 15.7. The zero-order valence-corrected chi connectivity index (χ0v) is 15.5. The Morgan fingerprint density at radius 3 is 2.62 bits per heavy atom. The number of aryl methyl sites for hydroxylation is 1. The van der Waals surface area contributed by atoms with Crippen molar-refractivity contribution in [1.29, 1.82) is 0 Å². The van der Waals surface area contributed by atoms with Crippen molar-refractivity contribution in [2.24, 2.45) is 7.05 Å². The van der Waals surface area contributed by atoms with Gasteiger partial charge in [0.25, 0.3) is 5.91 Å². The van der Waals surface area contributed by atoms with Gasteiger partial charge in [-0.2, -0.15) is 5.10 Å². The van der Waals surface area contributed by atoms with Crippen LogP contribution in [0.4, 0.5) is 0 Å². The quantitative estimate of drug-likeness (QED) is 0.749. The zero-order valence-electron chi connectivity index (χ0n) is 14.7. The van der Waals surface area contributed by atoms with Crippen LogP contribution in [0.25, 0.3) is 11.0 Å². The second kappa shape index (κ2) is 6.32. The predicted octanol–water partition coefficient (Wildman–Crippen LogP) is 2.50. The fourth-order valence-electron chi connectivity index (χ4n) is 3.63. The average molecular weight is 374 g/mol. The Bertz CT molecular complexity index is 1040. The number of likely N-dealkylation sites (tertiary alicyclic amines) is 1. The maximum absolute atomic E-state index is 12.7. The molecule has 4 rings (SSSR count). The van der Waals surface area contributed by atoms with Gasteiger partial charge < -0.3 is 9.88 Å². The number of carbonyl (C=O) groups is 1. The van der Waals surface area contributed by atoms with Crippen LogP contribution in [0.3, 0.4) is 0 Å². The number of benzene rings is 1. The highest BCUT2D eigenvalue weighted by molar-refractivity contribution is 6.34. The molecule has 1 aliphatic heterocycles. The monoisotopic (exact) mass is 373 g/mol. The number of para-hydroxylation sites is 2. The van der Waals surface area contributed by atoms with E-state index < -0.39 is 0 Å². The van der Waals surface area contributed by atoms with E-state index in [1.807, 2.05) is 35.8 Å². The van der Waals surface area contributed by atoms with Gasteiger partial charge in [-0.05, 0) is 31.9 Å². The molecule has 0 aliphatic carbocycles. The topological polar surface area (TPSA) is 75.9 Å². The molecule has 1 fully saturated rings. The summed E-state index contributed by atoms with van der Waals surface area (Å²) < 4.78 is 3.43. The minimum atomic E-state index is -0.150. The van der Waals surface area contributed by atoms with Gasteiger partial charge in [0.2, 0.25) is 0 Å². The van der Waals surface area contributed by atoms with Crippen molar-refractivity contribution in [3.05, 3.63) is 51.2 Å². The first-order valence-electron chi connectivity index (χ1n) is 8.65. The van der Waals surface area contributed by atoms with Gasteiger partial charge in [-0.15, -0.1) is 0 Å². The number of aromatic amines is 1. The van der Waals surface area contributed by atoms with E-state index in [4.69, 9.17) is 11.6 Å². The maximum Gasteiger partial charge on any atom is 0.326 e. The molecular formula is C18H20ClN5O2. The molecular weight excluding hydrogens is 354 g/mol. The van der Waals surface area contributed by atoms with Crippen LogP contribution in [0.1, 0.15) is 35.1 Å². The molecule has 8 heteroatoms. The Morgan fingerprint density at radius 1 is 1.27 bits per heavy atom. The Balaban J connectivity index is 1.54. The third-order valence-electron chi connectivity index (χ3n) is 5.20. The van der Waals surface area contributed by atoms with E-state index in [1.165, 1.54) is 0 Å². The van der Waals surface area contributed by atoms with Crippen LogP contribution in [-0.2, 0) is 7.05 Å². The number of carbonyl (C=O) groups excluding carboxylic acids is 1. The summed E-state index contributed by atoms with van der Waals surface area (Å²) in [6, 6.07) is 7.75. The van der Waals surface area contributed by atoms with E-state index >= 15 is 0 Å². The number of aromatic nitrogens is 4. The second-order valence-corrected chi connectivity index (χ2v) is 7.09. The van der Waals surface area contributed by atoms with E-state index in [1.54, 1.807) is 16.6 Å². The van der Waals surface area contributed by atoms with E-state index in [0.29, 0.717) is 23.8 Å². The number of nitrogens with zero attached hydrogens (tertiary/aromatic N) is 4. The molecule has 3 aromatic rings. The molecule has 1 aromatic carbocycles. The molecule has 7 nitrogen and oxygen atoms in total. The first-order chi connectivity index (χ1) is 12.5. The van der Waals surface area contributed by atoms with Crippen molar-refractivity contribution in [3.8, 4) is 0 Å². The van der Waals surface area contributed by atoms with E-state index in [0.717, 1.165) is 29.6 Å². The second-order valence-electron chi connectivity index (χ2n) is 6.71. The Hall–Kier alpha value is -2.54. The van der Waals surface area contributed by atoms with Gasteiger partial charge in [0.15, 0.2) is 5.69 Å². The van der Waals surface area contributed by atoms with Crippen LogP contribution in [0.2, 0.25) is 5.02 Å². The van der Waals surface area contributed by atoms with Gasteiger partial charge in [0.05, 0.1) is 21.7 Å². The molecule has 0 unspecified atom stereocenters. The third-order valence-corrected chi connectivity index (χ3v) is 5.66. The molecule has 2 aromatic heterocycles. The van der Waals surface area contributed by atoms with Crippen molar-refractivity contribution < 1.29 is 4.79 Å². The van der Waals surface area contributed by atoms with Gasteiger partial charge in [0, 0.05) is 26.2 Å². The van der Waals surface area contributed by atoms with Crippen LogP contribution >= 0.6 is 11.6 Å². The Labute approximate surface area is 155 Å². The lowest BCUT2D eigenvalue weighted by molar-refractivity contribution is 0.0688. The average Bonchev–Trinajstić information content (AvgIpc) is 3.12. The molecule has 0 radical (unpaired) electrons. The number of fused-ring (bicyclic) bond motifs is 1. The number of nitrogens with one attached hydrogen (secondary N) is 1. The van der Waals surface area contributed by atoms with Crippen LogP contribution in [0, 0.1) is 6.92 Å². The van der Waals surface area contributed by atoms with E-state index in [2.05, 4.69) is 10.1 Å². The summed E-state index contributed by atoms with van der Waals surface area (Å²) in [6.07, 6.45) is 1.44. The molecule has 1 amide bonds. The van der Waals surface area contributed by atoms with Gasteiger partial charge >= 0.3 is 5.69 Å². The highest BCUT2D eigenvalue weighted by atomic mass is 35.5. The smallest absolute Gasteiger partial charge is 0.326 e. The summed E-state index contributed by atoms with van der Waals surface area (Å²) in [6.45, 7) is 2.98. The Kier molecular flexibility index (Phi) is 4.11. The maximum atomic E-state index is 12.7. The van der Waals surface area contributed by atoms with Crippen molar-refractivity contribution in [2.75, 3.05) is 13.1 Å². The van der Waals surface area contributed by atoms with Crippen molar-refractivity contribution in [3.63, 3.8) is 0 Å².